The van der Waals surface area contributed by atoms with E-state index in [0.29, 0.717) is 17.1 Å². The molecule has 3 rings (SSSR count). The van der Waals surface area contributed by atoms with E-state index in [9.17, 15) is 4.79 Å². The van der Waals surface area contributed by atoms with E-state index in [1.54, 1.807) is 26.5 Å². The molecule has 7 heteroatoms. The molecular weight excluding hydrogens is 286 g/mol. The number of ether oxygens (including phenoxy) is 2. The summed E-state index contributed by atoms with van der Waals surface area (Å²) in [5.74, 6) is 0.183. The first-order valence-electron chi connectivity index (χ1n) is 6.43. The van der Waals surface area contributed by atoms with Crippen LogP contribution in [0.1, 0.15) is 10.4 Å². The number of rotatable bonds is 4. The highest BCUT2D eigenvalue weighted by Crippen LogP contribution is 2.33. The van der Waals surface area contributed by atoms with Crippen LogP contribution in [0.4, 0.5) is 0 Å². The standard InChI is InChI=1S/C15H13N3O4/c1-21-12-4-3-9(5-13(12)22-2)11-7-17-18-8-10(15(19)20)6-16-14(11)18/h3-8H,1-2H3,(H,19,20). The molecule has 0 bridgehead atoms. The predicted octanol–water partition coefficient (Wildman–Crippen LogP) is 2.11. The van der Waals surface area contributed by atoms with Crippen LogP contribution in [0.15, 0.2) is 36.8 Å². The Morgan fingerprint density at radius 2 is 1.95 bits per heavy atom. The summed E-state index contributed by atoms with van der Waals surface area (Å²) in [5.41, 5.74) is 2.27. The Hall–Kier alpha value is -3.09. The molecule has 1 N–H and O–H groups in total. The van der Waals surface area contributed by atoms with Crippen LogP contribution in [-0.2, 0) is 0 Å². The van der Waals surface area contributed by atoms with Crippen molar-refractivity contribution in [2.45, 2.75) is 0 Å². The average molecular weight is 299 g/mol. The summed E-state index contributed by atoms with van der Waals surface area (Å²) in [6.45, 7) is 0. The van der Waals surface area contributed by atoms with Gasteiger partial charge < -0.3 is 14.6 Å². The monoisotopic (exact) mass is 299 g/mol. The number of hydrogen-bond acceptors (Lipinski definition) is 5. The third kappa shape index (κ3) is 2.22. The van der Waals surface area contributed by atoms with Gasteiger partial charge in [-0.1, -0.05) is 6.07 Å². The lowest BCUT2D eigenvalue weighted by atomic mass is 10.1. The van der Waals surface area contributed by atoms with Gasteiger partial charge in [-0.15, -0.1) is 0 Å². The summed E-state index contributed by atoms with van der Waals surface area (Å²) >= 11 is 0. The van der Waals surface area contributed by atoms with Crippen LogP contribution in [0, 0.1) is 0 Å². The average Bonchev–Trinajstić information content (AvgIpc) is 2.97. The van der Waals surface area contributed by atoms with Crippen molar-refractivity contribution in [2.24, 2.45) is 0 Å². The zero-order valence-electron chi connectivity index (χ0n) is 12.0. The molecule has 112 valence electrons. The van der Waals surface area contributed by atoms with Gasteiger partial charge in [0.25, 0.3) is 0 Å². The summed E-state index contributed by atoms with van der Waals surface area (Å²) in [6, 6.07) is 5.48. The summed E-state index contributed by atoms with van der Waals surface area (Å²) in [7, 11) is 3.14. The van der Waals surface area contributed by atoms with E-state index in [2.05, 4.69) is 10.1 Å². The summed E-state index contributed by atoms with van der Waals surface area (Å²) in [6.07, 6.45) is 4.37. The van der Waals surface area contributed by atoms with Crippen molar-refractivity contribution in [1.82, 2.24) is 14.6 Å². The maximum Gasteiger partial charge on any atom is 0.338 e. The fraction of sp³-hybridized carbons (Fsp3) is 0.133. The number of carboxylic acid groups (broad SMARTS) is 1. The van der Waals surface area contributed by atoms with Gasteiger partial charge in [-0.2, -0.15) is 5.10 Å². The molecule has 2 heterocycles. The Labute approximate surface area is 125 Å². The molecule has 22 heavy (non-hydrogen) atoms. The van der Waals surface area contributed by atoms with Crippen molar-refractivity contribution in [1.29, 1.82) is 0 Å². The van der Waals surface area contributed by atoms with E-state index in [4.69, 9.17) is 14.6 Å². The molecule has 7 nitrogen and oxygen atoms in total. The molecular formula is C15H13N3O4. The van der Waals surface area contributed by atoms with Gasteiger partial charge in [-0.05, 0) is 17.7 Å². The van der Waals surface area contributed by atoms with Gasteiger partial charge in [0, 0.05) is 18.0 Å². The molecule has 0 atom stereocenters. The molecule has 2 aromatic heterocycles. The van der Waals surface area contributed by atoms with Crippen LogP contribution in [0.2, 0.25) is 0 Å². The van der Waals surface area contributed by atoms with Gasteiger partial charge in [0.05, 0.1) is 26.0 Å². The topological polar surface area (TPSA) is 86.0 Å². The first kappa shape index (κ1) is 13.9. The molecule has 3 aromatic rings. The largest absolute Gasteiger partial charge is 0.493 e. The molecule has 0 radical (unpaired) electrons. The van der Waals surface area contributed by atoms with E-state index in [0.717, 1.165) is 11.1 Å². The molecule has 0 unspecified atom stereocenters. The van der Waals surface area contributed by atoms with Gasteiger partial charge in [0.1, 0.15) is 0 Å². The number of methoxy groups -OCH3 is 2. The molecule has 0 saturated carbocycles. The highest BCUT2D eigenvalue weighted by Gasteiger charge is 2.13. The fourth-order valence-electron chi connectivity index (χ4n) is 2.19. The maximum absolute atomic E-state index is 11.0. The number of benzene rings is 1. The van der Waals surface area contributed by atoms with E-state index < -0.39 is 5.97 Å². The van der Waals surface area contributed by atoms with Gasteiger partial charge in [0.15, 0.2) is 17.1 Å². The number of hydrogen-bond donors (Lipinski definition) is 1. The van der Waals surface area contributed by atoms with Crippen LogP contribution < -0.4 is 9.47 Å². The van der Waals surface area contributed by atoms with Crippen molar-refractivity contribution in [3.05, 3.63) is 42.4 Å². The minimum Gasteiger partial charge on any atom is -0.493 e. The zero-order valence-corrected chi connectivity index (χ0v) is 12.0. The molecule has 0 saturated heterocycles. The zero-order chi connectivity index (χ0) is 15.7. The van der Waals surface area contributed by atoms with Gasteiger partial charge in [0.2, 0.25) is 0 Å². The number of nitrogens with zero attached hydrogens (tertiary/aromatic N) is 3. The Bertz CT molecular complexity index is 857. The molecule has 0 amide bonds. The number of carbonyl (C=O) groups is 1. The SMILES string of the molecule is COc1ccc(-c2cnn3cc(C(=O)O)cnc23)cc1OC. The minimum absolute atomic E-state index is 0.0782. The smallest absolute Gasteiger partial charge is 0.338 e. The quantitative estimate of drug-likeness (QED) is 0.794. The second-order valence-electron chi connectivity index (χ2n) is 4.54. The molecule has 0 fully saturated rings. The van der Waals surface area contributed by atoms with Crippen LogP contribution in [0.3, 0.4) is 0 Å². The van der Waals surface area contributed by atoms with Crippen LogP contribution in [0.25, 0.3) is 16.8 Å². The third-order valence-electron chi connectivity index (χ3n) is 3.30. The van der Waals surface area contributed by atoms with E-state index >= 15 is 0 Å². The predicted molar refractivity (Wildman–Crippen MR) is 78.5 cm³/mol. The van der Waals surface area contributed by atoms with Crippen LogP contribution >= 0.6 is 0 Å². The first-order chi connectivity index (χ1) is 10.6. The molecule has 0 spiro atoms. The number of carboxylic acids is 1. The Balaban J connectivity index is 2.12. The number of aromatic nitrogens is 3. The Morgan fingerprint density at radius 1 is 1.18 bits per heavy atom. The first-order valence-corrected chi connectivity index (χ1v) is 6.43. The van der Waals surface area contributed by atoms with E-state index in [1.807, 2.05) is 12.1 Å². The minimum atomic E-state index is -1.04. The lowest BCUT2D eigenvalue weighted by Crippen LogP contribution is -2.01. The summed E-state index contributed by atoms with van der Waals surface area (Å²) in [4.78, 5) is 15.1. The van der Waals surface area contributed by atoms with Gasteiger partial charge in [-0.25, -0.2) is 14.3 Å². The van der Waals surface area contributed by atoms with Gasteiger partial charge >= 0.3 is 5.97 Å². The number of aromatic carboxylic acids is 1. The van der Waals surface area contributed by atoms with Crippen molar-refractivity contribution in [3.8, 4) is 22.6 Å². The second-order valence-corrected chi connectivity index (χ2v) is 4.54. The Morgan fingerprint density at radius 3 is 2.64 bits per heavy atom. The highest BCUT2D eigenvalue weighted by atomic mass is 16.5. The summed E-state index contributed by atoms with van der Waals surface area (Å²) in [5, 5.41) is 13.1. The lowest BCUT2D eigenvalue weighted by Gasteiger charge is -2.08. The van der Waals surface area contributed by atoms with Gasteiger partial charge in [-0.3, -0.25) is 0 Å². The lowest BCUT2D eigenvalue weighted by molar-refractivity contribution is 0.0695. The molecule has 1 aromatic carbocycles. The van der Waals surface area contributed by atoms with Crippen molar-refractivity contribution < 1.29 is 19.4 Å². The molecule has 0 aliphatic rings. The van der Waals surface area contributed by atoms with Crippen molar-refractivity contribution in [3.63, 3.8) is 0 Å². The molecule has 0 aliphatic heterocycles. The van der Waals surface area contributed by atoms with Crippen LogP contribution in [-0.4, -0.2) is 39.9 Å². The molecule has 0 aliphatic carbocycles. The maximum atomic E-state index is 11.0. The van der Waals surface area contributed by atoms with E-state index in [1.165, 1.54) is 16.9 Å². The normalized spacial score (nSPS) is 10.6. The van der Waals surface area contributed by atoms with Crippen LogP contribution in [0.5, 0.6) is 11.5 Å². The third-order valence-corrected chi connectivity index (χ3v) is 3.30. The second kappa shape index (κ2) is 5.36. The number of fused-ring (bicyclic) bond motifs is 1. The van der Waals surface area contributed by atoms with Crippen molar-refractivity contribution in [2.75, 3.05) is 14.2 Å². The van der Waals surface area contributed by atoms with E-state index in [-0.39, 0.29) is 5.56 Å². The van der Waals surface area contributed by atoms with Crippen molar-refractivity contribution >= 4 is 11.6 Å². The summed E-state index contributed by atoms with van der Waals surface area (Å²) < 4.78 is 11.9. The Kier molecular flexibility index (Phi) is 3.38. The fourth-order valence-corrected chi connectivity index (χ4v) is 2.19. The highest BCUT2D eigenvalue weighted by molar-refractivity contribution is 5.87.